The Labute approximate surface area is 243 Å². The van der Waals surface area contributed by atoms with E-state index in [1.54, 1.807) is 0 Å². The van der Waals surface area contributed by atoms with E-state index in [1.165, 1.54) is 48.5 Å². The number of hydrogen-bond acceptors (Lipinski definition) is 12. The van der Waals surface area contributed by atoms with Crippen molar-refractivity contribution in [3.05, 3.63) is 79.9 Å². The molecule has 228 valence electrons. The summed E-state index contributed by atoms with van der Waals surface area (Å²) in [6.45, 7) is -0.261. The quantitative estimate of drug-likeness (QED) is 0.108. The molecular weight excluding hydrogens is 574 g/mol. The van der Waals surface area contributed by atoms with Gasteiger partial charge in [-0.1, -0.05) is 0 Å². The van der Waals surface area contributed by atoms with E-state index in [0.29, 0.717) is 11.1 Å². The predicted molar refractivity (Wildman–Crippen MR) is 143 cm³/mol. The molecule has 1 saturated heterocycles. The molecule has 0 bridgehead atoms. The van der Waals surface area contributed by atoms with Crippen molar-refractivity contribution < 1.29 is 43.6 Å². The fourth-order valence-electron chi connectivity index (χ4n) is 3.55. The number of benzene rings is 2. The molecule has 0 unspecified atom stereocenters. The number of nitro benzene ring substituents is 2. The van der Waals surface area contributed by atoms with Gasteiger partial charge < -0.3 is 29.6 Å². The number of rotatable bonds is 11. The van der Waals surface area contributed by atoms with Crippen LogP contribution in [0.1, 0.15) is 24.0 Å². The third kappa shape index (κ3) is 10.6. The van der Waals surface area contributed by atoms with Crippen molar-refractivity contribution in [2.45, 2.75) is 32.1 Å². The molecule has 0 atom stereocenters. The Morgan fingerprint density at radius 3 is 1.72 bits per heavy atom. The Morgan fingerprint density at radius 2 is 1.30 bits per heavy atom. The molecule has 0 radical (unpaired) electrons. The predicted octanol–water partition coefficient (Wildman–Crippen LogP) is 0.936. The van der Waals surface area contributed by atoms with Crippen LogP contribution in [0.2, 0.25) is 0 Å². The maximum atomic E-state index is 12.3. The van der Waals surface area contributed by atoms with Gasteiger partial charge in [-0.05, 0) is 41.8 Å². The third-order valence-corrected chi connectivity index (χ3v) is 5.81. The fraction of sp³-hybridized carbons (Fsp3) is 0.320. The summed E-state index contributed by atoms with van der Waals surface area (Å²) in [4.78, 5) is 73.0. The molecule has 2 aromatic rings. The molecule has 1 aliphatic rings. The van der Waals surface area contributed by atoms with Crippen LogP contribution in [0.3, 0.4) is 0 Å². The number of nitrogens with one attached hydrogen (secondary N) is 3. The normalized spacial score (nSPS) is 12.2. The highest BCUT2D eigenvalue weighted by atomic mass is 16.6. The van der Waals surface area contributed by atoms with Crippen LogP contribution >= 0.6 is 0 Å². The molecule has 0 saturated carbocycles. The lowest BCUT2D eigenvalue weighted by Gasteiger charge is -2.41. The first-order chi connectivity index (χ1) is 20.5. The monoisotopic (exact) mass is 600 g/mol. The summed E-state index contributed by atoms with van der Waals surface area (Å²) in [5.41, 5.74) is 0.629. The minimum Gasteiger partial charge on any atom is -0.530 e. The first-order valence-corrected chi connectivity index (χ1v) is 12.6. The van der Waals surface area contributed by atoms with E-state index in [9.17, 15) is 44.5 Å². The Kier molecular flexibility index (Phi) is 11.3. The van der Waals surface area contributed by atoms with Crippen LogP contribution in [0, 0.1) is 20.2 Å². The highest BCUT2D eigenvalue weighted by Crippen LogP contribution is 2.14. The van der Waals surface area contributed by atoms with Gasteiger partial charge >= 0.3 is 12.2 Å². The van der Waals surface area contributed by atoms with Crippen molar-refractivity contribution in [1.29, 1.82) is 0 Å². The number of carbonyl (C=O) groups excluding carboxylic acids is 4. The molecule has 3 rings (SSSR count). The van der Waals surface area contributed by atoms with Crippen molar-refractivity contribution in [3.8, 4) is 0 Å². The molecule has 0 spiro atoms. The highest BCUT2D eigenvalue weighted by molar-refractivity contribution is 6.01. The average molecular weight is 601 g/mol. The summed E-state index contributed by atoms with van der Waals surface area (Å²) < 4.78 is 10.1. The first kappa shape index (κ1) is 31.7. The Morgan fingerprint density at radius 1 is 0.837 bits per heavy atom. The molecule has 1 aliphatic heterocycles. The van der Waals surface area contributed by atoms with Crippen LogP contribution in [0.15, 0.2) is 53.5 Å². The lowest BCUT2D eigenvalue weighted by molar-refractivity contribution is -0.385. The number of non-ortho nitro benzene ring substituents is 2. The van der Waals surface area contributed by atoms with Crippen molar-refractivity contribution in [2.75, 3.05) is 19.6 Å². The second kappa shape index (κ2) is 15.3. The number of carbonyl (C=O) groups is 4. The Bertz CT molecular complexity index is 1300. The Hall–Kier alpha value is -5.81. The number of guanidine groups is 1. The van der Waals surface area contributed by atoms with Crippen LogP contribution in [0.5, 0.6) is 0 Å². The summed E-state index contributed by atoms with van der Waals surface area (Å²) in [5, 5.41) is 39.4. The number of amides is 4. The van der Waals surface area contributed by atoms with Gasteiger partial charge in [0.05, 0.1) is 15.9 Å². The van der Waals surface area contributed by atoms with Crippen molar-refractivity contribution in [1.82, 2.24) is 20.9 Å². The number of carboxylic acid groups (broad SMARTS) is 1. The topological polar surface area (TPSA) is 248 Å². The van der Waals surface area contributed by atoms with Gasteiger partial charge in [0, 0.05) is 50.3 Å². The van der Waals surface area contributed by atoms with Crippen LogP contribution in [-0.2, 0) is 27.5 Å². The zero-order chi connectivity index (χ0) is 31.4. The van der Waals surface area contributed by atoms with E-state index in [-0.39, 0.29) is 75.0 Å². The Balaban J connectivity index is 1.52. The minimum absolute atomic E-state index is 0.0216. The smallest absolute Gasteiger partial charge is 0.414 e. The second-order valence-electron chi connectivity index (χ2n) is 9.02. The number of ether oxygens (including phenoxy) is 2. The van der Waals surface area contributed by atoms with Gasteiger partial charge in [0.1, 0.15) is 19.3 Å². The van der Waals surface area contributed by atoms with Crippen LogP contribution < -0.4 is 21.1 Å². The molecular formula is C25H26N7O11-. The number of aliphatic imine (C=N–C) groups is 1. The molecule has 18 nitrogen and oxygen atoms in total. The number of alkyl carbamates (subject to hydrolysis) is 2. The largest absolute Gasteiger partial charge is 0.530 e. The van der Waals surface area contributed by atoms with Gasteiger partial charge in [-0.25, -0.2) is 9.59 Å². The number of nitro groups is 2. The van der Waals surface area contributed by atoms with E-state index in [2.05, 4.69) is 20.9 Å². The maximum absolute atomic E-state index is 12.3. The lowest BCUT2D eigenvalue weighted by Crippen LogP contribution is -2.63. The van der Waals surface area contributed by atoms with Gasteiger partial charge in [0.15, 0.2) is 0 Å². The van der Waals surface area contributed by atoms with E-state index in [0.717, 1.165) is 4.90 Å². The summed E-state index contributed by atoms with van der Waals surface area (Å²) in [5.74, 6) is -0.697. The third-order valence-electron chi connectivity index (χ3n) is 5.81. The number of nitrogens with zero attached hydrogens (tertiary/aromatic N) is 4. The van der Waals surface area contributed by atoms with Gasteiger partial charge in [-0.2, -0.15) is 0 Å². The van der Waals surface area contributed by atoms with E-state index in [4.69, 9.17) is 9.47 Å². The molecule has 4 amide bonds. The molecule has 1 heterocycles. The maximum Gasteiger partial charge on any atom is 0.414 e. The summed E-state index contributed by atoms with van der Waals surface area (Å²) >= 11 is 0. The molecule has 3 N–H and O–H groups in total. The van der Waals surface area contributed by atoms with E-state index < -0.39 is 28.1 Å². The van der Waals surface area contributed by atoms with Gasteiger partial charge in [-0.3, -0.25) is 40.6 Å². The summed E-state index contributed by atoms with van der Waals surface area (Å²) in [7, 11) is 0. The van der Waals surface area contributed by atoms with Crippen molar-refractivity contribution >= 4 is 41.5 Å². The van der Waals surface area contributed by atoms with Crippen molar-refractivity contribution in [3.63, 3.8) is 0 Å². The first-order valence-electron chi connectivity index (χ1n) is 12.6. The SMILES string of the molecule is O=C(CCCN=C(NC(=O)OCc1ccc([N+](=O)[O-])cc1)NC(=O)OCc1ccc([N+](=O)[O-])cc1)NC1CN(C(=O)[O-])C1. The molecule has 18 heteroatoms. The van der Waals surface area contributed by atoms with Crippen LogP contribution in [0.4, 0.5) is 25.8 Å². The zero-order valence-electron chi connectivity index (χ0n) is 22.4. The molecule has 1 fully saturated rings. The molecule has 0 aromatic heterocycles. The van der Waals surface area contributed by atoms with Crippen molar-refractivity contribution in [2.24, 2.45) is 4.99 Å². The molecule has 43 heavy (non-hydrogen) atoms. The fourth-order valence-corrected chi connectivity index (χ4v) is 3.55. The van der Waals surface area contributed by atoms with Crippen LogP contribution in [-0.4, -0.2) is 70.6 Å². The van der Waals surface area contributed by atoms with Gasteiger partial charge in [0.2, 0.25) is 11.9 Å². The molecule has 2 aromatic carbocycles. The number of hydrogen-bond donors (Lipinski definition) is 3. The second-order valence-corrected chi connectivity index (χ2v) is 9.02. The van der Waals surface area contributed by atoms with Crippen LogP contribution in [0.25, 0.3) is 0 Å². The number of likely N-dealkylation sites (tertiary alicyclic amines) is 1. The zero-order valence-corrected chi connectivity index (χ0v) is 22.4. The van der Waals surface area contributed by atoms with Gasteiger partial charge in [-0.15, -0.1) is 0 Å². The van der Waals surface area contributed by atoms with E-state index in [1.807, 2.05) is 0 Å². The highest BCUT2D eigenvalue weighted by Gasteiger charge is 2.27. The van der Waals surface area contributed by atoms with Gasteiger partial charge in [0.25, 0.3) is 11.4 Å². The average Bonchev–Trinajstić information content (AvgIpc) is 2.94. The standard InChI is InChI=1S/C25H27N7O11/c33-21(27-18-12-30(13-18)25(36)37)2-1-11-26-22(28-23(34)42-14-16-3-7-19(8-4-16)31(38)39)29-24(35)43-15-17-5-9-20(10-6-17)32(40)41/h3-10,18H,1-2,11-15H2,(H,27,33)(H,36,37)(H2,26,28,29,34,35)/p-1. The van der Waals surface area contributed by atoms with E-state index >= 15 is 0 Å². The summed E-state index contributed by atoms with van der Waals surface area (Å²) in [6.07, 6.45) is -3.13. The summed E-state index contributed by atoms with van der Waals surface area (Å²) in [6, 6.07) is 10.3. The lowest BCUT2D eigenvalue weighted by atomic mass is 10.1. The minimum atomic E-state index is -1.31. The molecule has 0 aliphatic carbocycles.